The Labute approximate surface area is 142 Å². The number of rotatable bonds is 4. The van der Waals surface area contributed by atoms with Crippen molar-refractivity contribution in [3.63, 3.8) is 0 Å². The molecule has 1 saturated heterocycles. The van der Waals surface area contributed by atoms with Gasteiger partial charge in [0, 0.05) is 6.54 Å². The van der Waals surface area contributed by atoms with Crippen molar-refractivity contribution < 1.29 is 14.3 Å². The van der Waals surface area contributed by atoms with Crippen LogP contribution in [-0.4, -0.2) is 31.6 Å². The van der Waals surface area contributed by atoms with Crippen molar-refractivity contribution in [1.82, 2.24) is 4.90 Å². The topological polar surface area (TPSA) is 38.8 Å². The maximum Gasteiger partial charge on any atom is 0.314 e. The zero-order chi connectivity index (χ0) is 16.9. The normalized spacial score (nSPS) is 22.5. The standard InChI is InChI=1S/C20H21NO3/c1-21-13-16(14-24-17-11-7-4-8-12-17)18(20(22)23-2)19(21)15-9-5-3-6-10-15/h3-12,14,18-19H,13H2,1-2H3/b16-14+/t18-,19+/m0/s1. The SMILES string of the molecule is COC(=O)[C@H]1/C(=C/Oc2ccccc2)CN(C)[C@@H]1c1ccccc1. The van der Waals surface area contributed by atoms with E-state index in [0.717, 1.165) is 16.9 Å². The number of nitrogens with zero attached hydrogens (tertiary/aromatic N) is 1. The van der Waals surface area contributed by atoms with Crippen molar-refractivity contribution in [3.8, 4) is 5.75 Å². The molecule has 1 fully saturated rings. The molecule has 3 rings (SSSR count). The first-order valence-electron chi connectivity index (χ1n) is 7.94. The molecule has 0 amide bonds. The molecule has 1 aliphatic rings. The first-order valence-corrected chi connectivity index (χ1v) is 7.94. The van der Waals surface area contributed by atoms with Crippen molar-refractivity contribution in [2.75, 3.05) is 20.7 Å². The number of ether oxygens (including phenoxy) is 2. The minimum Gasteiger partial charge on any atom is -0.469 e. The van der Waals surface area contributed by atoms with Crippen LogP contribution in [0, 0.1) is 5.92 Å². The van der Waals surface area contributed by atoms with E-state index < -0.39 is 0 Å². The van der Waals surface area contributed by atoms with Crippen LogP contribution in [0.2, 0.25) is 0 Å². The summed E-state index contributed by atoms with van der Waals surface area (Å²) in [5.74, 6) is 0.140. The molecule has 0 aromatic heterocycles. The highest BCUT2D eigenvalue weighted by Crippen LogP contribution is 2.40. The molecule has 4 nitrogen and oxygen atoms in total. The molecule has 4 heteroatoms. The van der Waals surface area contributed by atoms with E-state index in [1.807, 2.05) is 67.7 Å². The molecule has 0 unspecified atom stereocenters. The molecule has 2 atom stereocenters. The Morgan fingerprint density at radius 2 is 1.71 bits per heavy atom. The van der Waals surface area contributed by atoms with Crippen LogP contribution < -0.4 is 4.74 Å². The molecule has 0 bridgehead atoms. The van der Waals surface area contributed by atoms with Gasteiger partial charge in [-0.05, 0) is 30.3 Å². The zero-order valence-corrected chi connectivity index (χ0v) is 13.9. The van der Waals surface area contributed by atoms with Crippen molar-refractivity contribution in [2.24, 2.45) is 5.92 Å². The average Bonchev–Trinajstić information content (AvgIpc) is 2.97. The molecule has 0 spiro atoms. The lowest BCUT2D eigenvalue weighted by atomic mass is 9.91. The van der Waals surface area contributed by atoms with Gasteiger partial charge in [0.05, 0.1) is 19.4 Å². The minimum atomic E-state index is -0.369. The van der Waals surface area contributed by atoms with E-state index in [4.69, 9.17) is 9.47 Å². The van der Waals surface area contributed by atoms with Gasteiger partial charge in [0.25, 0.3) is 0 Å². The van der Waals surface area contributed by atoms with Crippen molar-refractivity contribution in [1.29, 1.82) is 0 Å². The van der Waals surface area contributed by atoms with Gasteiger partial charge in [-0.2, -0.15) is 0 Å². The highest BCUT2D eigenvalue weighted by molar-refractivity contribution is 5.78. The van der Waals surface area contributed by atoms with Crippen molar-refractivity contribution in [2.45, 2.75) is 6.04 Å². The number of esters is 1. The summed E-state index contributed by atoms with van der Waals surface area (Å²) in [5.41, 5.74) is 2.01. The summed E-state index contributed by atoms with van der Waals surface area (Å²) in [4.78, 5) is 14.6. The number of methoxy groups -OCH3 is 1. The number of para-hydroxylation sites is 1. The maximum absolute atomic E-state index is 12.4. The Balaban J connectivity index is 1.90. The lowest BCUT2D eigenvalue weighted by molar-refractivity contribution is -0.145. The Morgan fingerprint density at radius 1 is 1.08 bits per heavy atom. The van der Waals surface area contributed by atoms with Gasteiger partial charge in [-0.1, -0.05) is 48.5 Å². The van der Waals surface area contributed by atoms with Crippen LogP contribution in [-0.2, 0) is 9.53 Å². The number of likely N-dealkylation sites (N-methyl/N-ethyl adjacent to an activating group) is 1. The zero-order valence-electron chi connectivity index (χ0n) is 13.9. The van der Waals surface area contributed by atoms with E-state index in [2.05, 4.69) is 4.90 Å². The van der Waals surface area contributed by atoms with E-state index in [1.165, 1.54) is 7.11 Å². The Morgan fingerprint density at radius 3 is 2.33 bits per heavy atom. The van der Waals surface area contributed by atoms with Crippen LogP contribution >= 0.6 is 0 Å². The highest BCUT2D eigenvalue weighted by Gasteiger charge is 2.42. The van der Waals surface area contributed by atoms with Crippen LogP contribution in [0.25, 0.3) is 0 Å². The second-order valence-electron chi connectivity index (χ2n) is 5.90. The molecule has 0 N–H and O–H groups in total. The fourth-order valence-corrected chi connectivity index (χ4v) is 3.20. The van der Waals surface area contributed by atoms with Gasteiger partial charge in [0.15, 0.2) is 0 Å². The highest BCUT2D eigenvalue weighted by atomic mass is 16.5. The predicted molar refractivity (Wildman–Crippen MR) is 92.5 cm³/mol. The first kappa shape index (κ1) is 16.3. The lowest BCUT2D eigenvalue weighted by Gasteiger charge is -2.23. The van der Waals surface area contributed by atoms with Gasteiger partial charge < -0.3 is 9.47 Å². The summed E-state index contributed by atoms with van der Waals surface area (Å²) < 4.78 is 10.8. The monoisotopic (exact) mass is 323 g/mol. The van der Waals surface area contributed by atoms with Gasteiger partial charge in [0.1, 0.15) is 11.7 Å². The van der Waals surface area contributed by atoms with Crippen molar-refractivity contribution >= 4 is 5.97 Å². The van der Waals surface area contributed by atoms with Crippen LogP contribution in [0.3, 0.4) is 0 Å². The van der Waals surface area contributed by atoms with Gasteiger partial charge in [-0.15, -0.1) is 0 Å². The number of carbonyl (C=O) groups excluding carboxylic acids is 1. The largest absolute Gasteiger partial charge is 0.469 e. The molecule has 2 aromatic rings. The molecule has 124 valence electrons. The van der Waals surface area contributed by atoms with Gasteiger partial charge in [-0.25, -0.2) is 0 Å². The molecule has 24 heavy (non-hydrogen) atoms. The molecule has 0 radical (unpaired) electrons. The Hall–Kier alpha value is -2.59. The van der Waals surface area contributed by atoms with E-state index in [-0.39, 0.29) is 17.9 Å². The van der Waals surface area contributed by atoms with E-state index in [1.54, 1.807) is 6.26 Å². The fourth-order valence-electron chi connectivity index (χ4n) is 3.20. The number of carbonyl (C=O) groups is 1. The van der Waals surface area contributed by atoms with Crippen LogP contribution in [0.1, 0.15) is 11.6 Å². The number of likely N-dealkylation sites (tertiary alicyclic amines) is 1. The van der Waals surface area contributed by atoms with Gasteiger partial charge in [-0.3, -0.25) is 9.69 Å². The molecule has 0 saturated carbocycles. The van der Waals surface area contributed by atoms with Crippen LogP contribution in [0.4, 0.5) is 0 Å². The Kier molecular flexibility index (Phi) is 4.96. The molecular formula is C20H21NO3. The second-order valence-corrected chi connectivity index (χ2v) is 5.90. The first-order chi connectivity index (χ1) is 11.7. The van der Waals surface area contributed by atoms with E-state index in [0.29, 0.717) is 6.54 Å². The summed E-state index contributed by atoms with van der Waals surface area (Å²) in [7, 11) is 3.44. The van der Waals surface area contributed by atoms with Crippen LogP contribution in [0.5, 0.6) is 5.75 Å². The quantitative estimate of drug-likeness (QED) is 0.638. The lowest BCUT2D eigenvalue weighted by Crippen LogP contribution is -2.26. The molecule has 1 aliphatic heterocycles. The van der Waals surface area contributed by atoms with Gasteiger partial charge in [0.2, 0.25) is 0 Å². The smallest absolute Gasteiger partial charge is 0.314 e. The third-order valence-corrected chi connectivity index (χ3v) is 4.31. The second kappa shape index (κ2) is 7.32. The van der Waals surface area contributed by atoms with Crippen LogP contribution in [0.15, 0.2) is 72.5 Å². The summed E-state index contributed by atoms with van der Waals surface area (Å²) in [5, 5.41) is 0. The minimum absolute atomic E-state index is 0.0516. The number of hydrogen-bond donors (Lipinski definition) is 0. The van der Waals surface area contributed by atoms with E-state index >= 15 is 0 Å². The van der Waals surface area contributed by atoms with E-state index in [9.17, 15) is 4.79 Å². The summed E-state index contributed by atoms with van der Waals surface area (Å²) in [6, 6.07) is 19.5. The number of benzene rings is 2. The predicted octanol–water partition coefficient (Wildman–Crippen LogP) is 3.43. The third kappa shape index (κ3) is 3.34. The van der Waals surface area contributed by atoms with Crippen molar-refractivity contribution in [3.05, 3.63) is 78.1 Å². The fraction of sp³-hybridized carbons (Fsp3) is 0.250. The molecule has 1 heterocycles. The molecular weight excluding hydrogens is 302 g/mol. The average molecular weight is 323 g/mol. The Bertz CT molecular complexity index is 712. The maximum atomic E-state index is 12.4. The summed E-state index contributed by atoms with van der Waals surface area (Å²) >= 11 is 0. The summed E-state index contributed by atoms with van der Waals surface area (Å²) in [6.45, 7) is 0.659. The molecule has 2 aromatic carbocycles. The molecule has 0 aliphatic carbocycles. The third-order valence-electron chi connectivity index (χ3n) is 4.31. The summed E-state index contributed by atoms with van der Waals surface area (Å²) in [6.07, 6.45) is 1.69. The van der Waals surface area contributed by atoms with Gasteiger partial charge >= 0.3 is 5.97 Å². The number of hydrogen-bond acceptors (Lipinski definition) is 4.